The summed E-state index contributed by atoms with van der Waals surface area (Å²) in [6.45, 7) is 4.65. The summed E-state index contributed by atoms with van der Waals surface area (Å²) in [6.07, 6.45) is 0. The van der Waals surface area contributed by atoms with Gasteiger partial charge in [-0.2, -0.15) is 5.26 Å². The first-order valence-corrected chi connectivity index (χ1v) is 13.4. The van der Waals surface area contributed by atoms with Crippen LogP contribution < -0.4 is 0 Å². The Morgan fingerprint density at radius 2 is 1.43 bits per heavy atom. The predicted octanol–water partition coefficient (Wildman–Crippen LogP) is 9.33. The second-order valence-electron chi connectivity index (χ2n) is 10.5. The van der Waals surface area contributed by atoms with Crippen LogP contribution in [-0.4, -0.2) is 4.57 Å². The van der Waals surface area contributed by atoms with E-state index in [0.717, 1.165) is 21.4 Å². The topological polar surface area (TPSA) is 28.7 Å². The Labute approximate surface area is 218 Å². The van der Waals surface area contributed by atoms with Gasteiger partial charge in [0.25, 0.3) is 0 Å². The van der Waals surface area contributed by atoms with Crippen LogP contribution in [0.4, 0.5) is 0 Å². The van der Waals surface area contributed by atoms with E-state index < -0.39 is 0 Å². The number of hydrogen-bond acceptors (Lipinski definition) is 2. The average Bonchev–Trinajstić information content (AvgIpc) is 3.54. The molecule has 0 amide bonds. The Kier molecular flexibility index (Phi) is 3.98. The van der Waals surface area contributed by atoms with Gasteiger partial charge < -0.3 is 4.57 Å². The fourth-order valence-electron chi connectivity index (χ4n) is 6.49. The molecule has 0 unspecified atom stereocenters. The number of aromatic nitrogens is 1. The highest BCUT2D eigenvalue weighted by atomic mass is 32.1. The van der Waals surface area contributed by atoms with Gasteiger partial charge in [-0.1, -0.05) is 80.6 Å². The molecule has 37 heavy (non-hydrogen) atoms. The minimum absolute atomic E-state index is 0.0942. The number of thiophene rings is 1. The van der Waals surface area contributed by atoms with Crippen LogP contribution in [0.15, 0.2) is 97.1 Å². The van der Waals surface area contributed by atoms with Crippen molar-refractivity contribution in [2.45, 2.75) is 19.3 Å². The largest absolute Gasteiger partial charge is 0.307 e. The highest BCUT2D eigenvalue weighted by Crippen LogP contribution is 2.51. The van der Waals surface area contributed by atoms with E-state index in [1.807, 2.05) is 6.07 Å². The minimum atomic E-state index is -0.0942. The van der Waals surface area contributed by atoms with Gasteiger partial charge in [0.1, 0.15) is 6.07 Å². The molecule has 1 aliphatic rings. The van der Waals surface area contributed by atoms with E-state index in [0.29, 0.717) is 5.56 Å². The average molecular weight is 491 g/mol. The highest BCUT2D eigenvalue weighted by Gasteiger charge is 2.36. The lowest BCUT2D eigenvalue weighted by molar-refractivity contribution is 0.661. The molecule has 2 nitrogen and oxygen atoms in total. The molecule has 0 bridgehead atoms. The van der Waals surface area contributed by atoms with Crippen molar-refractivity contribution in [1.29, 1.82) is 5.26 Å². The van der Waals surface area contributed by atoms with Crippen LogP contribution >= 0.6 is 11.3 Å². The quantitative estimate of drug-likeness (QED) is 0.225. The number of fused-ring (bicyclic) bond motifs is 9. The third-order valence-corrected chi connectivity index (χ3v) is 9.43. The minimum Gasteiger partial charge on any atom is -0.307 e. The van der Waals surface area contributed by atoms with Crippen molar-refractivity contribution >= 4 is 53.3 Å². The van der Waals surface area contributed by atoms with Crippen molar-refractivity contribution in [3.05, 3.63) is 114 Å². The smallest absolute Gasteiger partial charge is 0.101 e. The molecule has 8 rings (SSSR count). The number of para-hydroxylation sites is 1. The lowest BCUT2D eigenvalue weighted by atomic mass is 9.82. The molecule has 0 fully saturated rings. The molecule has 1 aliphatic carbocycles. The molecule has 0 radical (unpaired) electrons. The first-order chi connectivity index (χ1) is 18.1. The van der Waals surface area contributed by atoms with Gasteiger partial charge in [-0.05, 0) is 52.6 Å². The molecule has 174 valence electrons. The second-order valence-corrected chi connectivity index (χ2v) is 11.5. The number of rotatable bonds is 1. The number of nitrogens with zero attached hydrogens (tertiary/aromatic N) is 2. The fourth-order valence-corrected chi connectivity index (χ4v) is 7.73. The Balaban J connectivity index is 1.57. The van der Waals surface area contributed by atoms with Gasteiger partial charge in [0, 0.05) is 31.7 Å². The highest BCUT2D eigenvalue weighted by molar-refractivity contribution is 7.26. The zero-order chi connectivity index (χ0) is 24.9. The second kappa shape index (κ2) is 7.09. The summed E-state index contributed by atoms with van der Waals surface area (Å²) in [5.41, 5.74) is 9.23. The summed E-state index contributed by atoms with van der Waals surface area (Å²) in [7, 11) is 0. The Bertz CT molecular complexity index is 2130. The van der Waals surface area contributed by atoms with Crippen LogP contribution in [0, 0.1) is 11.3 Å². The normalized spacial score (nSPS) is 13.9. The molecular weight excluding hydrogens is 468 g/mol. The van der Waals surface area contributed by atoms with Gasteiger partial charge in [0.05, 0.1) is 27.0 Å². The van der Waals surface area contributed by atoms with E-state index in [1.165, 1.54) is 48.5 Å². The zero-order valence-corrected chi connectivity index (χ0v) is 21.4. The van der Waals surface area contributed by atoms with Crippen LogP contribution in [0.5, 0.6) is 0 Å². The summed E-state index contributed by atoms with van der Waals surface area (Å²) in [6, 6.07) is 37.3. The van der Waals surface area contributed by atoms with Crippen molar-refractivity contribution in [1.82, 2.24) is 4.57 Å². The van der Waals surface area contributed by atoms with E-state index in [-0.39, 0.29) is 5.41 Å². The summed E-state index contributed by atoms with van der Waals surface area (Å²) < 4.78 is 4.75. The molecule has 3 heteroatoms. The van der Waals surface area contributed by atoms with Crippen LogP contribution in [0.1, 0.15) is 30.5 Å². The molecular formula is C34H22N2S. The Morgan fingerprint density at radius 3 is 2.30 bits per heavy atom. The van der Waals surface area contributed by atoms with Crippen molar-refractivity contribution < 1.29 is 0 Å². The number of benzene rings is 5. The van der Waals surface area contributed by atoms with Crippen LogP contribution in [0.3, 0.4) is 0 Å². The predicted molar refractivity (Wildman–Crippen MR) is 156 cm³/mol. The maximum absolute atomic E-state index is 10.3. The molecule has 7 aromatic rings. The molecule has 0 N–H and O–H groups in total. The van der Waals surface area contributed by atoms with Gasteiger partial charge in [0.15, 0.2) is 0 Å². The van der Waals surface area contributed by atoms with E-state index >= 15 is 0 Å². The Morgan fingerprint density at radius 1 is 0.676 bits per heavy atom. The first kappa shape index (κ1) is 20.8. The number of nitriles is 1. The first-order valence-electron chi connectivity index (χ1n) is 12.6. The standard InChI is InChI=1S/C34H22N2S/c1-34(2)27-12-6-3-9-21(27)25-17-26-22-10-4-7-13-29(22)36(30(26)18-28(25)34)32-20(19-35)15-16-24-23-11-5-8-14-31(23)37-33(24)32/h3-18H,1-2H3. The van der Waals surface area contributed by atoms with Gasteiger partial charge in [0.2, 0.25) is 0 Å². The van der Waals surface area contributed by atoms with E-state index in [9.17, 15) is 5.26 Å². The molecule has 0 saturated carbocycles. The van der Waals surface area contributed by atoms with Gasteiger partial charge >= 0.3 is 0 Å². The van der Waals surface area contributed by atoms with Crippen molar-refractivity contribution in [2.24, 2.45) is 0 Å². The van der Waals surface area contributed by atoms with E-state index in [4.69, 9.17) is 0 Å². The zero-order valence-electron chi connectivity index (χ0n) is 20.5. The molecule has 0 atom stereocenters. The summed E-state index contributed by atoms with van der Waals surface area (Å²) >= 11 is 1.78. The SMILES string of the molecule is CC1(C)c2ccccc2-c2cc3c4ccccc4n(-c4c(C#N)ccc5c4sc4ccccc45)c3cc21. The maximum Gasteiger partial charge on any atom is 0.101 e. The lowest BCUT2D eigenvalue weighted by Gasteiger charge is -2.21. The Hall–Kier alpha value is -4.39. The lowest BCUT2D eigenvalue weighted by Crippen LogP contribution is -2.15. The third kappa shape index (κ3) is 2.58. The molecule has 5 aromatic carbocycles. The molecule has 2 heterocycles. The van der Waals surface area contributed by atoms with Gasteiger partial charge in [-0.15, -0.1) is 11.3 Å². The molecule has 0 saturated heterocycles. The van der Waals surface area contributed by atoms with Crippen molar-refractivity contribution in [2.75, 3.05) is 0 Å². The summed E-state index contributed by atoms with van der Waals surface area (Å²) in [5.74, 6) is 0. The molecule has 0 aliphatic heterocycles. The van der Waals surface area contributed by atoms with E-state index in [1.54, 1.807) is 11.3 Å². The monoisotopic (exact) mass is 490 g/mol. The van der Waals surface area contributed by atoms with E-state index in [2.05, 4.69) is 115 Å². The van der Waals surface area contributed by atoms with Gasteiger partial charge in [-0.25, -0.2) is 0 Å². The van der Waals surface area contributed by atoms with Gasteiger partial charge in [-0.3, -0.25) is 0 Å². The van der Waals surface area contributed by atoms with Crippen LogP contribution in [0.2, 0.25) is 0 Å². The molecule has 0 spiro atoms. The van der Waals surface area contributed by atoms with Crippen molar-refractivity contribution in [3.63, 3.8) is 0 Å². The molecule has 2 aromatic heterocycles. The fraction of sp³-hybridized carbons (Fsp3) is 0.0882. The number of hydrogen-bond donors (Lipinski definition) is 0. The van der Waals surface area contributed by atoms with Crippen LogP contribution in [0.25, 0.3) is 58.8 Å². The summed E-state index contributed by atoms with van der Waals surface area (Å²) in [4.78, 5) is 0. The third-order valence-electron chi connectivity index (χ3n) is 8.24. The maximum atomic E-state index is 10.3. The summed E-state index contributed by atoms with van der Waals surface area (Å²) in [5, 5.41) is 15.2. The van der Waals surface area contributed by atoms with Crippen LogP contribution in [-0.2, 0) is 5.41 Å². The van der Waals surface area contributed by atoms with Crippen molar-refractivity contribution in [3.8, 4) is 22.9 Å².